The number of aliphatic hydroxyl groups is 1. The van der Waals surface area contributed by atoms with Crippen LogP contribution in [0.1, 0.15) is 33.1 Å². The molecule has 3 N–H and O–H groups in total. The van der Waals surface area contributed by atoms with Crippen LogP contribution in [0.25, 0.3) is 0 Å². The Hall–Kier alpha value is -0.330. The van der Waals surface area contributed by atoms with Gasteiger partial charge in [-0.05, 0) is 31.3 Å². The van der Waals surface area contributed by atoms with Crippen LogP contribution in [-0.4, -0.2) is 49.0 Å². The third kappa shape index (κ3) is 9.67. The molecule has 18 heavy (non-hydrogen) atoms. The first-order chi connectivity index (χ1) is 8.20. The quantitative estimate of drug-likeness (QED) is 0.630. The number of halogens is 3. The fraction of sp³-hybridized carbons (Fsp3) is 1.00. The van der Waals surface area contributed by atoms with Crippen molar-refractivity contribution in [3.05, 3.63) is 0 Å². The molecule has 0 aliphatic rings. The molecule has 0 aromatic rings. The van der Waals surface area contributed by atoms with Crippen molar-refractivity contribution < 1.29 is 18.3 Å². The van der Waals surface area contributed by atoms with E-state index in [-0.39, 0.29) is 18.6 Å². The van der Waals surface area contributed by atoms with E-state index in [2.05, 4.69) is 0 Å². The molecule has 0 saturated carbocycles. The lowest BCUT2D eigenvalue weighted by Gasteiger charge is -2.25. The van der Waals surface area contributed by atoms with Gasteiger partial charge < -0.3 is 10.8 Å². The van der Waals surface area contributed by atoms with Crippen molar-refractivity contribution in [2.24, 2.45) is 11.1 Å². The van der Waals surface area contributed by atoms with Crippen molar-refractivity contribution in [3.8, 4) is 0 Å². The second-order valence-corrected chi connectivity index (χ2v) is 5.44. The summed E-state index contributed by atoms with van der Waals surface area (Å²) in [6.07, 6.45) is -1.75. The normalized spacial score (nSPS) is 13.3. The number of alkyl halides is 3. The largest absolute Gasteiger partial charge is 0.401 e. The zero-order valence-electron chi connectivity index (χ0n) is 11.3. The molecule has 110 valence electrons. The minimum Gasteiger partial charge on any atom is -0.395 e. The lowest BCUT2D eigenvalue weighted by atomic mass is 9.87. The van der Waals surface area contributed by atoms with Crippen LogP contribution in [-0.2, 0) is 0 Å². The molecule has 0 spiro atoms. The van der Waals surface area contributed by atoms with Gasteiger partial charge in [0.05, 0.1) is 13.2 Å². The van der Waals surface area contributed by atoms with Crippen molar-refractivity contribution in [2.75, 3.05) is 32.8 Å². The Morgan fingerprint density at radius 2 is 1.72 bits per heavy atom. The first-order valence-electron chi connectivity index (χ1n) is 6.30. The van der Waals surface area contributed by atoms with Crippen LogP contribution < -0.4 is 5.73 Å². The third-order valence-electron chi connectivity index (χ3n) is 2.95. The number of aliphatic hydroxyl groups excluding tert-OH is 1. The van der Waals surface area contributed by atoms with Gasteiger partial charge in [-0.15, -0.1) is 0 Å². The molecule has 0 rings (SSSR count). The zero-order valence-corrected chi connectivity index (χ0v) is 11.3. The highest BCUT2D eigenvalue weighted by atomic mass is 19.4. The van der Waals surface area contributed by atoms with Crippen LogP contribution >= 0.6 is 0 Å². The summed E-state index contributed by atoms with van der Waals surface area (Å²) in [4.78, 5) is 1.25. The summed E-state index contributed by atoms with van der Waals surface area (Å²) in [6.45, 7) is 3.91. The highest BCUT2D eigenvalue weighted by molar-refractivity contribution is 4.70. The van der Waals surface area contributed by atoms with Crippen LogP contribution in [0.5, 0.6) is 0 Å². The number of nitrogens with zero attached hydrogens (tertiary/aromatic N) is 1. The number of hydrogen-bond donors (Lipinski definition) is 2. The van der Waals surface area contributed by atoms with Gasteiger partial charge in [0.1, 0.15) is 0 Å². The van der Waals surface area contributed by atoms with Gasteiger partial charge in [0.15, 0.2) is 0 Å². The Morgan fingerprint density at radius 3 is 2.17 bits per heavy atom. The second-order valence-electron chi connectivity index (χ2n) is 5.44. The molecule has 0 radical (unpaired) electrons. The molecule has 0 atom stereocenters. The van der Waals surface area contributed by atoms with Crippen LogP contribution in [0.3, 0.4) is 0 Å². The topological polar surface area (TPSA) is 49.5 Å². The minimum absolute atomic E-state index is 0.0475. The van der Waals surface area contributed by atoms with Gasteiger partial charge in [0, 0.05) is 6.54 Å². The van der Waals surface area contributed by atoms with Crippen LogP contribution in [0.2, 0.25) is 0 Å². The Balaban J connectivity index is 3.91. The molecule has 0 bridgehead atoms. The molecular formula is C12H25F3N2O. The summed E-state index contributed by atoms with van der Waals surface area (Å²) >= 11 is 0. The molecule has 0 unspecified atom stereocenters. The van der Waals surface area contributed by atoms with Gasteiger partial charge in [-0.25, -0.2) is 0 Å². The summed E-state index contributed by atoms with van der Waals surface area (Å²) in [5.41, 5.74) is 5.63. The van der Waals surface area contributed by atoms with Gasteiger partial charge in [0.2, 0.25) is 0 Å². The maximum absolute atomic E-state index is 12.2. The zero-order chi connectivity index (χ0) is 14.2. The molecule has 3 nitrogen and oxygen atoms in total. The van der Waals surface area contributed by atoms with Crippen molar-refractivity contribution in [1.82, 2.24) is 4.90 Å². The molecule has 6 heteroatoms. The maximum atomic E-state index is 12.2. The van der Waals surface area contributed by atoms with Crippen molar-refractivity contribution in [3.63, 3.8) is 0 Å². The standard InChI is InChI=1S/C12H25F3N2O/c1-11(2,9-16)5-3-4-6-17(7-8-18)10-12(13,14)15/h18H,3-10,16H2,1-2H3. The van der Waals surface area contributed by atoms with Gasteiger partial charge in [-0.3, -0.25) is 4.90 Å². The summed E-state index contributed by atoms with van der Waals surface area (Å²) in [7, 11) is 0. The smallest absolute Gasteiger partial charge is 0.395 e. The summed E-state index contributed by atoms with van der Waals surface area (Å²) in [5.74, 6) is 0. The van der Waals surface area contributed by atoms with Gasteiger partial charge in [-0.1, -0.05) is 20.3 Å². The van der Waals surface area contributed by atoms with E-state index in [0.29, 0.717) is 19.5 Å². The van der Waals surface area contributed by atoms with E-state index >= 15 is 0 Å². The van der Waals surface area contributed by atoms with E-state index < -0.39 is 12.7 Å². The molecule has 0 aromatic heterocycles. The Kier molecular flexibility index (Phi) is 7.82. The minimum atomic E-state index is -4.20. The van der Waals surface area contributed by atoms with E-state index in [0.717, 1.165) is 12.8 Å². The molecule has 0 aliphatic carbocycles. The Labute approximate surface area is 107 Å². The Bertz CT molecular complexity index is 220. The number of nitrogens with two attached hydrogens (primary N) is 1. The molecule has 0 saturated heterocycles. The Morgan fingerprint density at radius 1 is 1.11 bits per heavy atom. The molecule has 0 aliphatic heterocycles. The molecule has 0 aromatic carbocycles. The van der Waals surface area contributed by atoms with Gasteiger partial charge >= 0.3 is 6.18 Å². The van der Waals surface area contributed by atoms with E-state index in [9.17, 15) is 13.2 Å². The molecule has 0 heterocycles. The fourth-order valence-corrected chi connectivity index (χ4v) is 1.71. The molecule has 0 fully saturated rings. The monoisotopic (exact) mass is 270 g/mol. The fourth-order valence-electron chi connectivity index (χ4n) is 1.71. The van der Waals surface area contributed by atoms with E-state index in [1.807, 2.05) is 13.8 Å². The predicted molar refractivity (Wildman–Crippen MR) is 66.3 cm³/mol. The van der Waals surface area contributed by atoms with E-state index in [4.69, 9.17) is 10.8 Å². The SMILES string of the molecule is CC(C)(CN)CCCCN(CCO)CC(F)(F)F. The summed E-state index contributed by atoms with van der Waals surface area (Å²) < 4.78 is 36.7. The van der Waals surface area contributed by atoms with Crippen molar-refractivity contribution in [2.45, 2.75) is 39.3 Å². The lowest BCUT2D eigenvalue weighted by molar-refractivity contribution is -0.146. The van der Waals surface area contributed by atoms with Gasteiger partial charge in [-0.2, -0.15) is 13.2 Å². The average molecular weight is 270 g/mol. The average Bonchev–Trinajstić information content (AvgIpc) is 2.22. The lowest BCUT2D eigenvalue weighted by Crippen LogP contribution is -2.37. The van der Waals surface area contributed by atoms with E-state index in [1.54, 1.807) is 0 Å². The first kappa shape index (κ1) is 17.7. The van der Waals surface area contributed by atoms with E-state index in [1.165, 1.54) is 4.90 Å². The second kappa shape index (κ2) is 7.96. The van der Waals surface area contributed by atoms with Gasteiger partial charge in [0.25, 0.3) is 0 Å². The van der Waals surface area contributed by atoms with Crippen molar-refractivity contribution in [1.29, 1.82) is 0 Å². The van der Waals surface area contributed by atoms with Crippen LogP contribution in [0.15, 0.2) is 0 Å². The van der Waals surface area contributed by atoms with Crippen LogP contribution in [0.4, 0.5) is 13.2 Å². The number of unbranched alkanes of at least 4 members (excludes halogenated alkanes) is 1. The summed E-state index contributed by atoms with van der Waals surface area (Å²) in [5, 5.41) is 8.73. The third-order valence-corrected chi connectivity index (χ3v) is 2.95. The highest BCUT2D eigenvalue weighted by Crippen LogP contribution is 2.22. The first-order valence-corrected chi connectivity index (χ1v) is 6.30. The summed E-state index contributed by atoms with van der Waals surface area (Å²) in [6, 6.07) is 0. The molecule has 0 amide bonds. The maximum Gasteiger partial charge on any atom is 0.401 e. The molecular weight excluding hydrogens is 245 g/mol. The number of rotatable bonds is 9. The predicted octanol–water partition coefficient (Wildman–Crippen LogP) is 2.00. The van der Waals surface area contributed by atoms with Crippen LogP contribution in [0, 0.1) is 5.41 Å². The van der Waals surface area contributed by atoms with Crippen molar-refractivity contribution >= 4 is 0 Å². The number of hydrogen-bond acceptors (Lipinski definition) is 3. The highest BCUT2D eigenvalue weighted by Gasteiger charge is 2.30.